The van der Waals surface area contributed by atoms with Crippen LogP contribution in [0.15, 0.2) is 0 Å². The molecule has 0 bridgehead atoms. The molecule has 0 radical (unpaired) electrons. The third kappa shape index (κ3) is 3.36. The van der Waals surface area contributed by atoms with Crippen LogP contribution in [-0.4, -0.2) is 65.0 Å². The third-order valence-electron chi connectivity index (χ3n) is 2.88. The van der Waals surface area contributed by atoms with Crippen LogP contribution < -0.4 is 0 Å². The Morgan fingerprint density at radius 2 is 1.74 bits per heavy atom. The quantitative estimate of drug-likeness (QED) is 0.733. The summed E-state index contributed by atoms with van der Waals surface area (Å²) in [6.07, 6.45) is -4.96. The summed E-state index contributed by atoms with van der Waals surface area (Å²) < 4.78 is 37.4. The minimum Gasteiger partial charge on any atom is -0.481 e. The van der Waals surface area contributed by atoms with Crippen molar-refractivity contribution in [1.82, 2.24) is 9.80 Å². The minimum absolute atomic E-state index is 0.0989. The Balaban J connectivity index is 2.80. The summed E-state index contributed by atoms with van der Waals surface area (Å²) in [6, 6.07) is 0. The Labute approximate surface area is 106 Å². The second-order valence-corrected chi connectivity index (χ2v) is 4.07. The first-order valence-corrected chi connectivity index (χ1v) is 5.56. The monoisotopic (exact) mass is 282 g/mol. The van der Waals surface area contributed by atoms with E-state index in [9.17, 15) is 27.6 Å². The summed E-state index contributed by atoms with van der Waals surface area (Å²) in [5, 5.41) is 8.54. The molecule has 19 heavy (non-hydrogen) atoms. The molecule has 0 saturated carbocycles. The summed E-state index contributed by atoms with van der Waals surface area (Å²) in [7, 11) is 0. The summed E-state index contributed by atoms with van der Waals surface area (Å²) in [5.74, 6) is -6.74. The molecule has 1 saturated heterocycles. The number of nitrogens with zero attached hydrogens (tertiary/aromatic N) is 2. The number of likely N-dealkylation sites (N-methyl/N-ethyl adjacent to an activating group) is 1. The average Bonchev–Trinajstić information content (AvgIpc) is 2.29. The van der Waals surface area contributed by atoms with Crippen LogP contribution in [-0.2, 0) is 14.4 Å². The fourth-order valence-electron chi connectivity index (χ4n) is 1.73. The number of carboxylic acid groups (broad SMARTS) is 1. The lowest BCUT2D eigenvalue weighted by Crippen LogP contribution is -2.56. The molecule has 1 rings (SSSR count). The van der Waals surface area contributed by atoms with Crippen LogP contribution in [0.5, 0.6) is 0 Å². The van der Waals surface area contributed by atoms with Crippen molar-refractivity contribution >= 4 is 17.8 Å². The number of rotatable bonds is 4. The van der Waals surface area contributed by atoms with Crippen LogP contribution in [0, 0.1) is 5.92 Å². The highest BCUT2D eigenvalue weighted by molar-refractivity contribution is 6.35. The molecular weight excluding hydrogens is 269 g/mol. The van der Waals surface area contributed by atoms with Crippen molar-refractivity contribution in [2.45, 2.75) is 13.1 Å². The van der Waals surface area contributed by atoms with Gasteiger partial charge in [0.1, 0.15) is 0 Å². The third-order valence-corrected chi connectivity index (χ3v) is 2.88. The van der Waals surface area contributed by atoms with Gasteiger partial charge in [0.25, 0.3) is 0 Å². The number of alkyl halides is 3. The molecule has 1 N–H and O–H groups in total. The van der Waals surface area contributed by atoms with E-state index in [1.807, 2.05) is 0 Å². The molecule has 0 aromatic rings. The fourth-order valence-corrected chi connectivity index (χ4v) is 1.73. The topological polar surface area (TPSA) is 77.9 Å². The number of carbonyl (C=O) groups excluding carboxylic acids is 2. The first kappa shape index (κ1) is 15.3. The molecule has 1 fully saturated rings. The van der Waals surface area contributed by atoms with E-state index < -0.39 is 36.4 Å². The standard InChI is InChI=1S/C10H13F3N2O4/c1-2-14-3-4-15(8(17)7(14)16)5-6(9(18)19)10(11,12)13/h6H,2-5H2,1H3,(H,18,19). The molecule has 1 unspecified atom stereocenters. The highest BCUT2D eigenvalue weighted by Crippen LogP contribution is 2.27. The Bertz CT molecular complexity index is 397. The molecule has 9 heteroatoms. The Morgan fingerprint density at radius 1 is 1.26 bits per heavy atom. The average molecular weight is 282 g/mol. The van der Waals surface area contributed by atoms with Gasteiger partial charge in [-0.2, -0.15) is 13.2 Å². The van der Waals surface area contributed by atoms with Gasteiger partial charge in [0.15, 0.2) is 5.92 Å². The van der Waals surface area contributed by atoms with E-state index >= 15 is 0 Å². The maximum atomic E-state index is 12.5. The molecule has 1 aliphatic rings. The zero-order valence-electron chi connectivity index (χ0n) is 10.1. The number of carbonyl (C=O) groups is 3. The lowest BCUT2D eigenvalue weighted by Gasteiger charge is -2.34. The van der Waals surface area contributed by atoms with Gasteiger partial charge in [-0.3, -0.25) is 14.4 Å². The van der Waals surface area contributed by atoms with Crippen LogP contribution >= 0.6 is 0 Å². The number of hydrogen-bond donors (Lipinski definition) is 1. The van der Waals surface area contributed by atoms with Gasteiger partial charge in [0.05, 0.1) is 0 Å². The fraction of sp³-hybridized carbons (Fsp3) is 0.700. The molecule has 1 aliphatic heterocycles. The highest BCUT2D eigenvalue weighted by Gasteiger charge is 2.47. The lowest BCUT2D eigenvalue weighted by atomic mass is 10.1. The molecule has 108 valence electrons. The van der Waals surface area contributed by atoms with Gasteiger partial charge in [-0.05, 0) is 6.92 Å². The van der Waals surface area contributed by atoms with E-state index in [1.165, 1.54) is 4.90 Å². The van der Waals surface area contributed by atoms with Gasteiger partial charge >= 0.3 is 24.0 Å². The SMILES string of the molecule is CCN1CCN(CC(C(=O)O)C(F)(F)F)C(=O)C1=O. The van der Waals surface area contributed by atoms with Crippen LogP contribution in [0.1, 0.15) is 6.92 Å². The molecule has 0 spiro atoms. The largest absolute Gasteiger partial charge is 0.481 e. The number of halogens is 3. The van der Waals surface area contributed by atoms with Crippen molar-refractivity contribution in [2.24, 2.45) is 5.92 Å². The van der Waals surface area contributed by atoms with Gasteiger partial charge in [-0.1, -0.05) is 0 Å². The van der Waals surface area contributed by atoms with Crippen LogP contribution in [0.25, 0.3) is 0 Å². The smallest absolute Gasteiger partial charge is 0.403 e. The number of amides is 2. The van der Waals surface area contributed by atoms with E-state index in [2.05, 4.69) is 0 Å². The van der Waals surface area contributed by atoms with E-state index in [4.69, 9.17) is 5.11 Å². The van der Waals surface area contributed by atoms with Gasteiger partial charge in [-0.15, -0.1) is 0 Å². The summed E-state index contributed by atoms with van der Waals surface area (Å²) in [6.45, 7) is 0.876. The molecular formula is C10H13F3N2O4. The van der Waals surface area contributed by atoms with Crippen molar-refractivity contribution < 1.29 is 32.7 Å². The van der Waals surface area contributed by atoms with Crippen molar-refractivity contribution in [1.29, 1.82) is 0 Å². The van der Waals surface area contributed by atoms with Crippen molar-refractivity contribution in [2.75, 3.05) is 26.2 Å². The first-order chi connectivity index (χ1) is 8.68. The summed E-state index contributed by atoms with van der Waals surface area (Å²) >= 11 is 0. The second kappa shape index (κ2) is 5.45. The zero-order valence-corrected chi connectivity index (χ0v) is 10.1. The van der Waals surface area contributed by atoms with E-state index in [1.54, 1.807) is 6.92 Å². The molecule has 2 amide bonds. The minimum atomic E-state index is -4.96. The molecule has 1 atom stereocenters. The first-order valence-electron chi connectivity index (χ1n) is 5.56. The Kier molecular flexibility index (Phi) is 4.38. The number of carboxylic acids is 1. The predicted molar refractivity (Wildman–Crippen MR) is 56.0 cm³/mol. The molecule has 6 nitrogen and oxygen atoms in total. The summed E-state index contributed by atoms with van der Waals surface area (Å²) in [4.78, 5) is 35.4. The van der Waals surface area contributed by atoms with Crippen LogP contribution in [0.4, 0.5) is 13.2 Å². The predicted octanol–water partition coefficient (Wildman–Crippen LogP) is -0.0598. The maximum Gasteiger partial charge on any atom is 0.403 e. The van der Waals surface area contributed by atoms with Gasteiger partial charge in [0.2, 0.25) is 0 Å². The zero-order chi connectivity index (χ0) is 14.8. The van der Waals surface area contributed by atoms with Crippen molar-refractivity contribution in [3.8, 4) is 0 Å². The van der Waals surface area contributed by atoms with E-state index in [-0.39, 0.29) is 19.6 Å². The normalized spacial score (nSPS) is 18.7. The van der Waals surface area contributed by atoms with Gasteiger partial charge in [0, 0.05) is 26.2 Å². The van der Waals surface area contributed by atoms with Crippen LogP contribution in [0.3, 0.4) is 0 Å². The maximum absolute atomic E-state index is 12.5. The molecule has 0 aromatic heterocycles. The Morgan fingerprint density at radius 3 is 2.16 bits per heavy atom. The van der Waals surface area contributed by atoms with Crippen molar-refractivity contribution in [3.63, 3.8) is 0 Å². The molecule has 0 aromatic carbocycles. The highest BCUT2D eigenvalue weighted by atomic mass is 19.4. The number of piperazine rings is 1. The second-order valence-electron chi connectivity index (χ2n) is 4.07. The summed E-state index contributed by atoms with van der Waals surface area (Å²) in [5.41, 5.74) is 0. The van der Waals surface area contributed by atoms with E-state index in [0.717, 1.165) is 0 Å². The number of hydrogen-bond acceptors (Lipinski definition) is 3. The van der Waals surface area contributed by atoms with E-state index in [0.29, 0.717) is 4.90 Å². The molecule has 1 heterocycles. The van der Waals surface area contributed by atoms with Gasteiger partial charge in [-0.25, -0.2) is 0 Å². The Hall–Kier alpha value is -1.80. The van der Waals surface area contributed by atoms with Crippen LogP contribution in [0.2, 0.25) is 0 Å². The lowest BCUT2D eigenvalue weighted by molar-refractivity contribution is -0.198. The number of aliphatic carboxylic acids is 1. The molecule has 0 aliphatic carbocycles. The van der Waals surface area contributed by atoms with Gasteiger partial charge < -0.3 is 14.9 Å². The van der Waals surface area contributed by atoms with Crippen molar-refractivity contribution in [3.05, 3.63) is 0 Å².